The van der Waals surface area contributed by atoms with E-state index >= 15 is 0 Å². The molecule has 3 aliphatic rings. The van der Waals surface area contributed by atoms with E-state index in [9.17, 15) is 4.79 Å². The second-order valence-electron chi connectivity index (χ2n) is 9.25. The number of nitrogens with zero attached hydrogens (tertiary/aromatic N) is 4. The molecular formula is C23H38N4O. The van der Waals surface area contributed by atoms with E-state index in [2.05, 4.69) is 41.1 Å². The zero-order valence-corrected chi connectivity index (χ0v) is 18.4. The number of carbonyl (C=O) groups is 1. The van der Waals surface area contributed by atoms with Crippen LogP contribution in [-0.2, 0) is 4.79 Å². The summed E-state index contributed by atoms with van der Waals surface area (Å²) in [6.45, 7) is 15.6. The van der Waals surface area contributed by atoms with Gasteiger partial charge >= 0.3 is 0 Å². The molecule has 1 spiro atoms. The van der Waals surface area contributed by atoms with Crippen molar-refractivity contribution in [2.75, 3.05) is 32.7 Å². The van der Waals surface area contributed by atoms with Crippen LogP contribution in [-0.4, -0.2) is 58.4 Å². The van der Waals surface area contributed by atoms with Crippen molar-refractivity contribution in [2.24, 2.45) is 11.3 Å². The Balaban J connectivity index is 0.00000109. The van der Waals surface area contributed by atoms with Gasteiger partial charge in [-0.15, -0.1) is 0 Å². The number of carbonyl (C=O) groups excluding carboxylic acids is 1. The maximum atomic E-state index is 11.4. The third kappa shape index (κ3) is 4.56. The van der Waals surface area contributed by atoms with Crippen LogP contribution in [0.15, 0.2) is 12.4 Å². The molecule has 5 heteroatoms. The van der Waals surface area contributed by atoms with Crippen molar-refractivity contribution in [3.63, 3.8) is 0 Å². The first kappa shape index (κ1) is 21.2. The molecule has 156 valence electrons. The molecule has 4 rings (SSSR count). The minimum atomic E-state index is 0.242. The highest BCUT2D eigenvalue weighted by atomic mass is 16.2. The summed E-state index contributed by atoms with van der Waals surface area (Å²) in [4.78, 5) is 25.1. The van der Waals surface area contributed by atoms with Crippen LogP contribution in [0, 0.1) is 11.3 Å². The molecule has 3 fully saturated rings. The topological polar surface area (TPSA) is 49.3 Å². The van der Waals surface area contributed by atoms with Crippen molar-refractivity contribution in [1.29, 1.82) is 0 Å². The van der Waals surface area contributed by atoms with Crippen molar-refractivity contribution in [1.82, 2.24) is 19.8 Å². The van der Waals surface area contributed by atoms with Gasteiger partial charge < -0.3 is 9.80 Å². The summed E-state index contributed by atoms with van der Waals surface area (Å²) in [7, 11) is 0. The average Bonchev–Trinajstić information content (AvgIpc) is 2.64. The molecule has 0 N–H and O–H groups in total. The fourth-order valence-electron chi connectivity index (χ4n) is 5.21. The lowest BCUT2D eigenvalue weighted by atomic mass is 9.57. The van der Waals surface area contributed by atoms with Gasteiger partial charge in [-0.3, -0.25) is 4.79 Å². The molecule has 1 saturated carbocycles. The molecule has 0 atom stereocenters. The van der Waals surface area contributed by atoms with E-state index in [1.54, 1.807) is 6.92 Å². The van der Waals surface area contributed by atoms with Gasteiger partial charge in [0, 0.05) is 50.3 Å². The molecule has 2 saturated heterocycles. The third-order valence-corrected chi connectivity index (χ3v) is 6.72. The Labute approximate surface area is 170 Å². The fourth-order valence-corrected chi connectivity index (χ4v) is 5.21. The molecular weight excluding hydrogens is 348 g/mol. The first-order valence-corrected chi connectivity index (χ1v) is 11.2. The summed E-state index contributed by atoms with van der Waals surface area (Å²) in [5, 5.41) is 0. The SMILES string of the molecule is CC.CC(=O)N1CC2(CC(CN3CCC(c4cnc(C(C)C)nc4)CC3)C2)C1. The quantitative estimate of drug-likeness (QED) is 0.783. The van der Waals surface area contributed by atoms with E-state index in [0.717, 1.165) is 24.8 Å². The summed E-state index contributed by atoms with van der Waals surface area (Å²) in [6.07, 6.45) is 9.19. The number of rotatable bonds is 4. The van der Waals surface area contributed by atoms with Crippen molar-refractivity contribution in [3.8, 4) is 0 Å². The monoisotopic (exact) mass is 386 g/mol. The van der Waals surface area contributed by atoms with Crippen LogP contribution in [0.1, 0.15) is 83.5 Å². The van der Waals surface area contributed by atoms with Gasteiger partial charge in [-0.05, 0) is 56.2 Å². The molecule has 1 aliphatic carbocycles. The van der Waals surface area contributed by atoms with Crippen molar-refractivity contribution < 1.29 is 4.79 Å². The first-order valence-electron chi connectivity index (χ1n) is 11.2. The van der Waals surface area contributed by atoms with Crippen LogP contribution in [0.5, 0.6) is 0 Å². The molecule has 3 heterocycles. The lowest BCUT2D eigenvalue weighted by Crippen LogP contribution is -2.64. The predicted octanol–water partition coefficient (Wildman–Crippen LogP) is 4.06. The van der Waals surface area contributed by atoms with Gasteiger partial charge in [0.25, 0.3) is 0 Å². The Kier molecular flexibility index (Phi) is 6.74. The van der Waals surface area contributed by atoms with Crippen molar-refractivity contribution in [2.45, 2.75) is 72.1 Å². The van der Waals surface area contributed by atoms with Gasteiger partial charge in [-0.25, -0.2) is 9.97 Å². The molecule has 0 radical (unpaired) electrons. The highest BCUT2D eigenvalue weighted by molar-refractivity contribution is 5.74. The lowest BCUT2D eigenvalue weighted by Gasteiger charge is -2.59. The number of hydrogen-bond acceptors (Lipinski definition) is 4. The number of likely N-dealkylation sites (tertiary alicyclic amines) is 2. The summed E-state index contributed by atoms with van der Waals surface area (Å²) in [6, 6.07) is 0. The zero-order chi connectivity index (χ0) is 20.3. The molecule has 1 amide bonds. The Morgan fingerprint density at radius 3 is 2.21 bits per heavy atom. The maximum Gasteiger partial charge on any atom is 0.219 e. The second-order valence-corrected chi connectivity index (χ2v) is 9.25. The highest BCUT2D eigenvalue weighted by Gasteiger charge is 2.53. The molecule has 28 heavy (non-hydrogen) atoms. The van der Waals surface area contributed by atoms with Gasteiger partial charge in [0.2, 0.25) is 5.91 Å². The second kappa shape index (κ2) is 8.89. The summed E-state index contributed by atoms with van der Waals surface area (Å²) in [5.41, 5.74) is 1.81. The smallest absolute Gasteiger partial charge is 0.219 e. The zero-order valence-electron chi connectivity index (χ0n) is 18.4. The van der Waals surface area contributed by atoms with E-state index in [1.165, 1.54) is 50.9 Å². The first-order chi connectivity index (χ1) is 13.4. The van der Waals surface area contributed by atoms with Crippen LogP contribution in [0.25, 0.3) is 0 Å². The maximum absolute atomic E-state index is 11.4. The van der Waals surface area contributed by atoms with E-state index < -0.39 is 0 Å². The Morgan fingerprint density at radius 2 is 1.71 bits per heavy atom. The molecule has 5 nitrogen and oxygen atoms in total. The molecule has 1 aromatic heterocycles. The van der Waals surface area contributed by atoms with Crippen LogP contribution in [0.4, 0.5) is 0 Å². The summed E-state index contributed by atoms with van der Waals surface area (Å²) in [5.74, 6) is 3.05. The highest BCUT2D eigenvalue weighted by Crippen LogP contribution is 2.52. The molecule has 0 unspecified atom stereocenters. The summed E-state index contributed by atoms with van der Waals surface area (Å²) < 4.78 is 0. The molecule has 2 aliphatic heterocycles. The van der Waals surface area contributed by atoms with Crippen molar-refractivity contribution >= 4 is 5.91 Å². The predicted molar refractivity (Wildman–Crippen MR) is 113 cm³/mol. The van der Waals surface area contributed by atoms with Gasteiger partial charge in [0.05, 0.1) is 0 Å². The lowest BCUT2D eigenvalue weighted by molar-refractivity contribution is -0.153. The van der Waals surface area contributed by atoms with Crippen LogP contribution >= 0.6 is 0 Å². The van der Waals surface area contributed by atoms with Gasteiger partial charge in [-0.2, -0.15) is 0 Å². The number of amides is 1. The minimum absolute atomic E-state index is 0.242. The Bertz CT molecular complexity index is 635. The minimum Gasteiger partial charge on any atom is -0.342 e. The Morgan fingerprint density at radius 1 is 1.14 bits per heavy atom. The van der Waals surface area contributed by atoms with Gasteiger partial charge in [0.15, 0.2) is 0 Å². The van der Waals surface area contributed by atoms with E-state index in [-0.39, 0.29) is 5.91 Å². The van der Waals surface area contributed by atoms with E-state index in [4.69, 9.17) is 0 Å². The van der Waals surface area contributed by atoms with Crippen LogP contribution in [0.2, 0.25) is 0 Å². The van der Waals surface area contributed by atoms with Crippen LogP contribution < -0.4 is 0 Å². The number of hydrogen-bond donors (Lipinski definition) is 0. The van der Waals surface area contributed by atoms with E-state index in [0.29, 0.717) is 17.3 Å². The summed E-state index contributed by atoms with van der Waals surface area (Å²) >= 11 is 0. The third-order valence-electron chi connectivity index (χ3n) is 6.72. The number of aromatic nitrogens is 2. The molecule has 0 bridgehead atoms. The normalized spacial score (nSPS) is 22.4. The van der Waals surface area contributed by atoms with E-state index in [1.807, 2.05) is 18.7 Å². The number of piperidine rings is 1. The van der Waals surface area contributed by atoms with Gasteiger partial charge in [0.1, 0.15) is 5.82 Å². The standard InChI is InChI=1S/C21H32N4O.C2H6/c1-15(2)20-22-10-19(11-23-20)18-4-6-24(7-5-18)12-17-8-21(9-17)13-25(14-21)16(3)26;1-2/h10-11,15,17-18H,4-9,12-14H2,1-3H3;1-2H3. The van der Waals surface area contributed by atoms with Gasteiger partial charge in [-0.1, -0.05) is 27.7 Å². The molecule has 1 aromatic rings. The largest absolute Gasteiger partial charge is 0.342 e. The Hall–Kier alpha value is -1.49. The average molecular weight is 387 g/mol. The van der Waals surface area contributed by atoms with Crippen molar-refractivity contribution in [3.05, 3.63) is 23.8 Å². The van der Waals surface area contributed by atoms with Crippen LogP contribution in [0.3, 0.4) is 0 Å². The fraction of sp³-hybridized carbons (Fsp3) is 0.783. The molecule has 0 aromatic carbocycles.